The van der Waals surface area contributed by atoms with Crippen LogP contribution < -0.4 is 5.32 Å². The van der Waals surface area contributed by atoms with E-state index in [1.165, 1.54) is 42.3 Å². The zero-order valence-corrected chi connectivity index (χ0v) is 22.3. The number of benzene rings is 1. The highest BCUT2D eigenvalue weighted by molar-refractivity contribution is 6.28. The van der Waals surface area contributed by atoms with Gasteiger partial charge in [0.25, 0.3) is 12.3 Å². The molecule has 210 valence electrons. The number of hydrogen-bond donors (Lipinski definition) is 1. The number of amidine groups is 1. The Bertz CT molecular complexity index is 1450. The van der Waals surface area contributed by atoms with Crippen LogP contribution in [-0.4, -0.2) is 56.3 Å². The van der Waals surface area contributed by atoms with Crippen LogP contribution in [0.15, 0.2) is 70.3 Å². The number of allylic oxidation sites excluding steroid dienone is 2. The summed E-state index contributed by atoms with van der Waals surface area (Å²) >= 11 is 0. The van der Waals surface area contributed by atoms with Gasteiger partial charge in [-0.3, -0.25) is 9.79 Å². The van der Waals surface area contributed by atoms with Crippen molar-refractivity contribution in [2.75, 3.05) is 6.54 Å². The maximum atomic E-state index is 14.7. The SMILES string of the molecule is C[C@@H](NC(=O)C1=CC(C2=CCC(OC(=O)n3ccnc3)CC2)=NN2CC(C)(C)N=C12)c1cccc(C(F)F)c1F. The van der Waals surface area contributed by atoms with Gasteiger partial charge in [0.1, 0.15) is 18.2 Å². The number of imidazole rings is 1. The van der Waals surface area contributed by atoms with Crippen molar-refractivity contribution in [1.82, 2.24) is 19.9 Å². The molecule has 1 aliphatic carbocycles. The van der Waals surface area contributed by atoms with Gasteiger partial charge in [0.15, 0.2) is 5.84 Å². The molecule has 2 atom stereocenters. The summed E-state index contributed by atoms with van der Waals surface area (Å²) in [4.78, 5) is 34.3. The van der Waals surface area contributed by atoms with Gasteiger partial charge in [-0.2, -0.15) is 5.10 Å². The first kappa shape index (κ1) is 27.4. The van der Waals surface area contributed by atoms with Gasteiger partial charge in [-0.1, -0.05) is 24.3 Å². The molecular formula is C28H29F3N6O3. The second-order valence-electron chi connectivity index (χ2n) is 10.6. The number of ether oxygens (including phenoxy) is 1. The molecule has 12 heteroatoms. The molecule has 0 saturated carbocycles. The Hall–Kier alpha value is -4.22. The topological polar surface area (TPSA) is 101 Å². The Morgan fingerprint density at radius 3 is 2.67 bits per heavy atom. The first-order valence-electron chi connectivity index (χ1n) is 13.0. The van der Waals surface area contributed by atoms with E-state index in [1.807, 2.05) is 19.9 Å². The lowest BCUT2D eigenvalue weighted by Gasteiger charge is -2.27. The molecule has 3 heterocycles. The number of alkyl halides is 2. The number of carbonyl (C=O) groups is 2. The smallest absolute Gasteiger partial charge is 0.419 e. The Kier molecular flexibility index (Phi) is 7.35. The van der Waals surface area contributed by atoms with Gasteiger partial charge in [-0.25, -0.2) is 32.5 Å². The highest BCUT2D eigenvalue weighted by atomic mass is 19.3. The molecule has 2 aromatic rings. The number of amides is 1. The molecule has 0 bridgehead atoms. The molecule has 1 unspecified atom stereocenters. The van der Waals surface area contributed by atoms with E-state index < -0.39 is 41.4 Å². The summed E-state index contributed by atoms with van der Waals surface area (Å²) in [5.74, 6) is -1.17. The van der Waals surface area contributed by atoms with Crippen LogP contribution in [0.5, 0.6) is 0 Å². The van der Waals surface area contributed by atoms with E-state index in [0.29, 0.717) is 37.4 Å². The lowest BCUT2D eigenvalue weighted by molar-refractivity contribution is -0.117. The van der Waals surface area contributed by atoms with Gasteiger partial charge in [0, 0.05) is 24.4 Å². The van der Waals surface area contributed by atoms with Crippen molar-refractivity contribution < 1.29 is 27.5 Å². The average Bonchev–Trinajstić information content (AvgIpc) is 3.55. The van der Waals surface area contributed by atoms with Gasteiger partial charge < -0.3 is 10.1 Å². The molecule has 3 aliphatic rings. The van der Waals surface area contributed by atoms with Crippen LogP contribution >= 0.6 is 0 Å². The number of hydrazone groups is 1. The molecule has 1 aromatic heterocycles. The third-order valence-corrected chi connectivity index (χ3v) is 6.97. The van der Waals surface area contributed by atoms with E-state index in [4.69, 9.17) is 9.84 Å². The van der Waals surface area contributed by atoms with Gasteiger partial charge in [0.2, 0.25) is 0 Å². The first-order valence-corrected chi connectivity index (χ1v) is 13.0. The molecule has 0 spiro atoms. The molecule has 0 saturated heterocycles. The monoisotopic (exact) mass is 554 g/mol. The van der Waals surface area contributed by atoms with Gasteiger partial charge in [-0.15, -0.1) is 0 Å². The zero-order chi connectivity index (χ0) is 28.6. The van der Waals surface area contributed by atoms with Crippen molar-refractivity contribution in [3.63, 3.8) is 0 Å². The van der Waals surface area contributed by atoms with E-state index in [9.17, 15) is 22.8 Å². The van der Waals surface area contributed by atoms with Crippen LogP contribution in [0.1, 0.15) is 63.6 Å². The predicted molar refractivity (Wildman–Crippen MR) is 141 cm³/mol. The number of aliphatic imine (C=N–C) groups is 1. The molecule has 0 radical (unpaired) electrons. The average molecular weight is 555 g/mol. The number of nitrogens with one attached hydrogen (secondary N) is 1. The molecule has 1 amide bonds. The van der Waals surface area contributed by atoms with Crippen LogP contribution in [0.25, 0.3) is 0 Å². The maximum absolute atomic E-state index is 14.7. The summed E-state index contributed by atoms with van der Waals surface area (Å²) in [5, 5.41) is 9.15. The van der Waals surface area contributed by atoms with E-state index in [2.05, 4.69) is 15.3 Å². The highest BCUT2D eigenvalue weighted by Crippen LogP contribution is 2.31. The second-order valence-corrected chi connectivity index (χ2v) is 10.6. The molecule has 0 fully saturated rings. The van der Waals surface area contributed by atoms with Crippen molar-refractivity contribution in [3.8, 4) is 0 Å². The standard InChI is InChI=1S/C28H29F3N6O3/c1-16(19-5-4-6-20(23(19)29)24(30)31)33-26(38)21-13-22(35-37-14-28(2,3)34-25(21)37)17-7-9-18(10-8-17)40-27(39)36-12-11-32-15-36/h4-7,11-13,15-16,18,24H,8-10,14H2,1-3H3,(H,33,38)/t16-,18?/m1/s1. The van der Waals surface area contributed by atoms with Crippen molar-refractivity contribution in [3.05, 3.63) is 77.2 Å². The van der Waals surface area contributed by atoms with E-state index in [1.54, 1.807) is 11.1 Å². The summed E-state index contributed by atoms with van der Waals surface area (Å²) in [6.45, 7) is 5.85. The van der Waals surface area contributed by atoms with Crippen molar-refractivity contribution in [2.24, 2.45) is 10.1 Å². The maximum Gasteiger partial charge on any atom is 0.419 e. The number of hydrogen-bond acceptors (Lipinski definition) is 7. The molecule has 5 rings (SSSR count). The predicted octanol–water partition coefficient (Wildman–Crippen LogP) is 5.09. The van der Waals surface area contributed by atoms with Crippen molar-refractivity contribution >= 4 is 23.5 Å². The van der Waals surface area contributed by atoms with Gasteiger partial charge in [-0.05, 0) is 45.3 Å². The van der Waals surface area contributed by atoms with Crippen molar-refractivity contribution in [2.45, 2.75) is 64.1 Å². The Balaban J connectivity index is 1.35. The lowest BCUT2D eigenvalue weighted by atomic mass is 9.92. The molecule has 40 heavy (non-hydrogen) atoms. The third-order valence-electron chi connectivity index (χ3n) is 6.97. The van der Waals surface area contributed by atoms with Gasteiger partial charge in [0.05, 0.1) is 35.0 Å². The van der Waals surface area contributed by atoms with Crippen molar-refractivity contribution in [1.29, 1.82) is 0 Å². The number of rotatable bonds is 6. The first-order chi connectivity index (χ1) is 19.0. The molecule has 1 N–H and O–H groups in total. The van der Waals surface area contributed by atoms with E-state index in [-0.39, 0.29) is 17.2 Å². The number of carbonyl (C=O) groups excluding carboxylic acids is 2. The largest absolute Gasteiger partial charge is 0.445 e. The van der Waals surface area contributed by atoms with Crippen LogP contribution in [0.2, 0.25) is 0 Å². The third kappa shape index (κ3) is 5.56. The summed E-state index contributed by atoms with van der Waals surface area (Å²) in [6.07, 6.45) is 5.82. The fourth-order valence-electron chi connectivity index (χ4n) is 4.93. The molecule has 9 nitrogen and oxygen atoms in total. The van der Waals surface area contributed by atoms with E-state index >= 15 is 0 Å². The quantitative estimate of drug-likeness (QED) is 0.536. The number of fused-ring (bicyclic) bond motifs is 1. The normalized spacial score (nSPS) is 20.7. The number of nitrogens with zero attached hydrogens (tertiary/aromatic N) is 5. The summed E-state index contributed by atoms with van der Waals surface area (Å²) < 4.78 is 48.0. The lowest BCUT2D eigenvalue weighted by Crippen LogP contribution is -2.39. The fourth-order valence-corrected chi connectivity index (χ4v) is 4.93. The van der Waals surface area contributed by atoms with Crippen LogP contribution in [0.4, 0.5) is 18.0 Å². The molecular weight excluding hydrogens is 525 g/mol. The minimum Gasteiger partial charge on any atom is -0.445 e. The number of halogens is 3. The second kappa shape index (κ2) is 10.7. The van der Waals surface area contributed by atoms with Crippen LogP contribution in [-0.2, 0) is 9.53 Å². The fraction of sp³-hybridized carbons (Fsp3) is 0.393. The Morgan fingerprint density at radius 2 is 2.00 bits per heavy atom. The Morgan fingerprint density at radius 1 is 1.23 bits per heavy atom. The summed E-state index contributed by atoms with van der Waals surface area (Å²) in [7, 11) is 0. The summed E-state index contributed by atoms with van der Waals surface area (Å²) in [5.41, 5.74) is 0.490. The minimum atomic E-state index is -2.97. The minimum absolute atomic E-state index is 0.0340. The van der Waals surface area contributed by atoms with E-state index in [0.717, 1.165) is 11.6 Å². The zero-order valence-electron chi connectivity index (χ0n) is 22.3. The molecule has 2 aliphatic heterocycles. The van der Waals surface area contributed by atoms with Crippen LogP contribution in [0, 0.1) is 5.82 Å². The Labute approximate surface area is 229 Å². The van der Waals surface area contributed by atoms with Gasteiger partial charge >= 0.3 is 6.09 Å². The highest BCUT2D eigenvalue weighted by Gasteiger charge is 2.38. The number of aromatic nitrogens is 2. The molecule has 1 aromatic carbocycles. The summed E-state index contributed by atoms with van der Waals surface area (Å²) in [6, 6.07) is 2.87. The van der Waals surface area contributed by atoms with Crippen LogP contribution in [0.3, 0.4) is 0 Å².